The van der Waals surface area contributed by atoms with Gasteiger partial charge in [0, 0.05) is 24.7 Å². The van der Waals surface area contributed by atoms with E-state index in [0.717, 1.165) is 18.2 Å². The zero-order valence-corrected chi connectivity index (χ0v) is 15.6. The molecule has 156 valence electrons. The van der Waals surface area contributed by atoms with Crippen LogP contribution in [0.2, 0.25) is 0 Å². The molecule has 0 radical (unpaired) electrons. The summed E-state index contributed by atoms with van der Waals surface area (Å²) in [5, 5.41) is 12.8. The van der Waals surface area contributed by atoms with Crippen LogP contribution in [0.25, 0.3) is 11.3 Å². The highest BCUT2D eigenvalue weighted by Gasteiger charge is 2.56. The molecule has 0 aliphatic carbocycles. The first-order chi connectivity index (χ1) is 13.5. The number of nitrogens with one attached hydrogen (secondary N) is 1. The van der Waals surface area contributed by atoms with Crippen molar-refractivity contribution in [3.05, 3.63) is 47.4 Å². The van der Waals surface area contributed by atoms with Gasteiger partial charge in [0.15, 0.2) is 0 Å². The predicted molar refractivity (Wildman–Crippen MR) is 95.6 cm³/mol. The lowest BCUT2D eigenvalue weighted by Crippen LogP contribution is -2.49. The van der Waals surface area contributed by atoms with Crippen LogP contribution in [0.1, 0.15) is 18.2 Å². The first-order valence-corrected chi connectivity index (χ1v) is 8.64. The molecule has 0 spiro atoms. The third-order valence-corrected chi connectivity index (χ3v) is 5.11. The standard InChI is InChI=1S/C19H19F4N3O3/c1-17(16(27)25-2)9-29-15-12(17)7-13(18(28,8-24)19(21,22)23)26-14(15)10-3-5-11(20)6-4-10/h3-7,28H,8-9,24H2,1-2H3,(H,25,27)/t17-,18-/m0/s1. The minimum absolute atomic E-state index is 0.0544. The molecule has 2 aromatic rings. The van der Waals surface area contributed by atoms with Crippen LogP contribution in [0.3, 0.4) is 0 Å². The molecule has 1 aliphatic rings. The summed E-state index contributed by atoms with van der Waals surface area (Å²) in [5.74, 6) is -0.943. The van der Waals surface area contributed by atoms with Gasteiger partial charge in [-0.3, -0.25) is 4.79 Å². The number of nitrogens with two attached hydrogens (primary N) is 1. The van der Waals surface area contributed by atoms with Gasteiger partial charge in [-0.2, -0.15) is 13.2 Å². The van der Waals surface area contributed by atoms with E-state index in [1.165, 1.54) is 26.1 Å². The summed E-state index contributed by atoms with van der Waals surface area (Å²) >= 11 is 0. The molecule has 1 amide bonds. The van der Waals surface area contributed by atoms with Crippen molar-refractivity contribution in [2.75, 3.05) is 20.2 Å². The van der Waals surface area contributed by atoms with Gasteiger partial charge in [0.05, 0.1) is 5.69 Å². The van der Waals surface area contributed by atoms with E-state index in [4.69, 9.17) is 10.5 Å². The smallest absolute Gasteiger partial charge is 0.424 e. The number of nitrogens with zero attached hydrogens (tertiary/aromatic N) is 1. The number of amides is 1. The summed E-state index contributed by atoms with van der Waals surface area (Å²) < 4.78 is 59.8. The van der Waals surface area contributed by atoms with Crippen LogP contribution in [0.5, 0.6) is 5.75 Å². The molecule has 2 atom stereocenters. The van der Waals surface area contributed by atoms with E-state index in [9.17, 15) is 27.5 Å². The molecular weight excluding hydrogens is 394 g/mol. The Hall–Kier alpha value is -2.72. The number of ether oxygens (including phenoxy) is 1. The van der Waals surface area contributed by atoms with Gasteiger partial charge < -0.3 is 20.9 Å². The number of alkyl halides is 3. The summed E-state index contributed by atoms with van der Waals surface area (Å²) in [6, 6.07) is 5.85. The zero-order chi connectivity index (χ0) is 21.6. The third kappa shape index (κ3) is 3.22. The predicted octanol–water partition coefficient (Wildman–Crippen LogP) is 1.99. The van der Waals surface area contributed by atoms with Gasteiger partial charge in [-0.15, -0.1) is 0 Å². The van der Waals surface area contributed by atoms with E-state index in [-0.39, 0.29) is 29.2 Å². The minimum atomic E-state index is -5.12. The van der Waals surface area contributed by atoms with Crippen molar-refractivity contribution in [1.82, 2.24) is 10.3 Å². The molecule has 0 saturated heterocycles. The van der Waals surface area contributed by atoms with E-state index in [1.807, 2.05) is 0 Å². The summed E-state index contributed by atoms with van der Waals surface area (Å²) in [5.41, 5.74) is 0.0520. The summed E-state index contributed by atoms with van der Waals surface area (Å²) in [6.45, 7) is 0.183. The first kappa shape index (κ1) is 21.0. The number of rotatable bonds is 4. The summed E-state index contributed by atoms with van der Waals surface area (Å²) in [7, 11) is 1.39. The number of carbonyl (C=O) groups is 1. The van der Waals surface area contributed by atoms with Crippen molar-refractivity contribution >= 4 is 5.91 Å². The average molecular weight is 413 g/mol. The normalized spacial score (nSPS) is 20.6. The Bertz CT molecular complexity index is 949. The zero-order valence-electron chi connectivity index (χ0n) is 15.6. The molecule has 0 bridgehead atoms. The Morgan fingerprint density at radius 3 is 2.48 bits per heavy atom. The van der Waals surface area contributed by atoms with Crippen molar-refractivity contribution in [3.63, 3.8) is 0 Å². The molecular formula is C19H19F4N3O3. The van der Waals surface area contributed by atoms with E-state index >= 15 is 0 Å². The van der Waals surface area contributed by atoms with Gasteiger partial charge in [-0.25, -0.2) is 9.37 Å². The Balaban J connectivity index is 2.33. The van der Waals surface area contributed by atoms with Gasteiger partial charge in [0.1, 0.15) is 29.3 Å². The fraction of sp³-hybridized carbons (Fsp3) is 0.368. The number of carbonyl (C=O) groups excluding carboxylic acids is 1. The first-order valence-electron chi connectivity index (χ1n) is 8.64. The number of fused-ring (bicyclic) bond motifs is 1. The SMILES string of the molecule is CNC(=O)[C@@]1(C)COc2c1cc([C@@](O)(CN)C(F)(F)F)nc2-c1ccc(F)cc1. The lowest BCUT2D eigenvalue weighted by atomic mass is 9.81. The Kier molecular flexibility index (Phi) is 5.04. The highest BCUT2D eigenvalue weighted by atomic mass is 19.4. The van der Waals surface area contributed by atoms with Crippen molar-refractivity contribution in [3.8, 4) is 17.0 Å². The van der Waals surface area contributed by atoms with Crippen molar-refractivity contribution in [1.29, 1.82) is 0 Å². The number of halogens is 4. The van der Waals surface area contributed by atoms with Crippen LogP contribution in [0.15, 0.2) is 30.3 Å². The molecule has 6 nitrogen and oxygen atoms in total. The molecule has 1 aliphatic heterocycles. The molecule has 0 saturated carbocycles. The second-order valence-corrected chi connectivity index (χ2v) is 7.00. The van der Waals surface area contributed by atoms with Gasteiger partial charge >= 0.3 is 6.18 Å². The maximum absolute atomic E-state index is 13.6. The van der Waals surface area contributed by atoms with Gasteiger partial charge in [0.25, 0.3) is 0 Å². The van der Waals surface area contributed by atoms with E-state index in [2.05, 4.69) is 10.3 Å². The maximum atomic E-state index is 13.6. The van der Waals surface area contributed by atoms with E-state index < -0.39 is 41.2 Å². The van der Waals surface area contributed by atoms with Gasteiger partial charge in [-0.05, 0) is 37.3 Å². The molecule has 1 aromatic carbocycles. The number of aromatic nitrogens is 1. The number of likely N-dealkylation sites (N-methyl/N-ethyl adjacent to an activating group) is 1. The van der Waals surface area contributed by atoms with Crippen LogP contribution in [0, 0.1) is 5.82 Å². The van der Waals surface area contributed by atoms with Crippen LogP contribution < -0.4 is 15.8 Å². The lowest BCUT2D eigenvalue weighted by molar-refractivity contribution is -0.263. The minimum Gasteiger partial charge on any atom is -0.489 e. The number of pyridine rings is 1. The highest BCUT2D eigenvalue weighted by molar-refractivity contribution is 5.91. The molecule has 1 aromatic heterocycles. The number of aliphatic hydroxyl groups is 1. The second-order valence-electron chi connectivity index (χ2n) is 7.00. The average Bonchev–Trinajstić information content (AvgIpc) is 3.04. The number of hydrogen-bond donors (Lipinski definition) is 3. The third-order valence-electron chi connectivity index (χ3n) is 5.11. The van der Waals surface area contributed by atoms with Crippen LogP contribution in [-0.4, -0.2) is 42.4 Å². The van der Waals surface area contributed by atoms with Gasteiger partial charge in [0.2, 0.25) is 11.5 Å². The van der Waals surface area contributed by atoms with Crippen molar-refractivity contribution in [2.24, 2.45) is 5.73 Å². The topological polar surface area (TPSA) is 97.5 Å². The fourth-order valence-electron chi connectivity index (χ4n) is 3.23. The molecule has 0 unspecified atom stereocenters. The number of benzene rings is 1. The Labute approximate surface area is 163 Å². The highest BCUT2D eigenvalue weighted by Crippen LogP contribution is 2.47. The molecule has 0 fully saturated rings. The second kappa shape index (κ2) is 6.96. The Morgan fingerprint density at radius 2 is 1.97 bits per heavy atom. The van der Waals surface area contributed by atoms with Crippen LogP contribution in [-0.2, 0) is 15.8 Å². The lowest BCUT2D eigenvalue weighted by Gasteiger charge is -2.30. The number of hydrogen-bond acceptors (Lipinski definition) is 5. The van der Waals surface area contributed by atoms with Crippen LogP contribution >= 0.6 is 0 Å². The fourth-order valence-corrected chi connectivity index (χ4v) is 3.23. The molecule has 29 heavy (non-hydrogen) atoms. The molecule has 10 heteroatoms. The Morgan fingerprint density at radius 1 is 1.34 bits per heavy atom. The monoisotopic (exact) mass is 413 g/mol. The van der Waals surface area contributed by atoms with E-state index in [1.54, 1.807) is 0 Å². The van der Waals surface area contributed by atoms with Gasteiger partial charge in [-0.1, -0.05) is 0 Å². The quantitative estimate of drug-likeness (QED) is 0.666. The maximum Gasteiger partial charge on any atom is 0.424 e. The largest absolute Gasteiger partial charge is 0.489 e. The summed E-state index contributed by atoms with van der Waals surface area (Å²) in [4.78, 5) is 16.4. The summed E-state index contributed by atoms with van der Waals surface area (Å²) in [6.07, 6.45) is -5.12. The van der Waals surface area contributed by atoms with E-state index in [0.29, 0.717) is 0 Å². The molecule has 2 heterocycles. The van der Waals surface area contributed by atoms with Crippen LogP contribution in [0.4, 0.5) is 17.6 Å². The van der Waals surface area contributed by atoms with Crippen molar-refractivity contribution < 1.29 is 32.2 Å². The van der Waals surface area contributed by atoms with Crippen molar-refractivity contribution in [2.45, 2.75) is 24.1 Å². The molecule has 4 N–H and O–H groups in total. The molecule has 3 rings (SSSR count).